The molecule has 1 heterocycles. The second-order valence-electron chi connectivity index (χ2n) is 5.51. The predicted molar refractivity (Wildman–Crippen MR) is 65.2 cm³/mol. The highest BCUT2D eigenvalue weighted by Crippen LogP contribution is 2.24. The van der Waals surface area contributed by atoms with E-state index in [1.165, 1.54) is 25.7 Å². The molecule has 1 fully saturated rings. The van der Waals surface area contributed by atoms with Gasteiger partial charge < -0.3 is 10.1 Å². The van der Waals surface area contributed by atoms with Crippen molar-refractivity contribution < 1.29 is 4.74 Å². The van der Waals surface area contributed by atoms with E-state index in [2.05, 4.69) is 33.0 Å². The predicted octanol–water partition coefficient (Wildman–Crippen LogP) is 3.11. The summed E-state index contributed by atoms with van der Waals surface area (Å²) in [7, 11) is 0. The zero-order valence-electron chi connectivity index (χ0n) is 10.8. The van der Waals surface area contributed by atoms with E-state index in [-0.39, 0.29) is 5.60 Å². The normalized spacial score (nSPS) is 27.6. The summed E-state index contributed by atoms with van der Waals surface area (Å²) in [5.41, 5.74) is 0.0698. The monoisotopic (exact) mass is 213 g/mol. The maximum absolute atomic E-state index is 5.72. The fourth-order valence-corrected chi connectivity index (χ4v) is 2.37. The van der Waals surface area contributed by atoms with Gasteiger partial charge in [-0.15, -0.1) is 0 Å². The fourth-order valence-electron chi connectivity index (χ4n) is 2.37. The highest BCUT2D eigenvalue weighted by atomic mass is 16.5. The van der Waals surface area contributed by atoms with Gasteiger partial charge in [-0.1, -0.05) is 19.8 Å². The molecule has 0 aromatic rings. The van der Waals surface area contributed by atoms with E-state index < -0.39 is 0 Å². The molecule has 0 radical (unpaired) electrons. The third-order valence-electron chi connectivity index (χ3n) is 3.21. The van der Waals surface area contributed by atoms with Gasteiger partial charge in [-0.2, -0.15) is 0 Å². The summed E-state index contributed by atoms with van der Waals surface area (Å²) >= 11 is 0. The van der Waals surface area contributed by atoms with Crippen molar-refractivity contribution in [2.45, 2.75) is 77.5 Å². The first kappa shape index (κ1) is 13.0. The van der Waals surface area contributed by atoms with Crippen molar-refractivity contribution in [1.82, 2.24) is 5.32 Å². The van der Waals surface area contributed by atoms with E-state index >= 15 is 0 Å². The molecule has 1 N–H and O–H groups in total. The van der Waals surface area contributed by atoms with E-state index in [1.54, 1.807) is 0 Å². The Morgan fingerprint density at radius 2 is 2.20 bits per heavy atom. The van der Waals surface area contributed by atoms with Gasteiger partial charge in [0.05, 0.1) is 5.60 Å². The second-order valence-corrected chi connectivity index (χ2v) is 5.51. The minimum absolute atomic E-state index is 0.0698. The average molecular weight is 213 g/mol. The maximum atomic E-state index is 5.72. The second kappa shape index (κ2) is 5.86. The summed E-state index contributed by atoms with van der Waals surface area (Å²) in [6.45, 7) is 9.85. The molecule has 0 aromatic carbocycles. The van der Waals surface area contributed by atoms with Crippen LogP contribution in [0.25, 0.3) is 0 Å². The van der Waals surface area contributed by atoms with Crippen molar-refractivity contribution in [3.63, 3.8) is 0 Å². The zero-order chi connectivity index (χ0) is 11.3. The Kier molecular flexibility index (Phi) is 5.07. The maximum Gasteiger partial charge on any atom is 0.0641 e. The van der Waals surface area contributed by atoms with Crippen LogP contribution >= 0.6 is 0 Å². The summed E-state index contributed by atoms with van der Waals surface area (Å²) in [6, 6.07) is 1.31. The van der Waals surface area contributed by atoms with Crippen molar-refractivity contribution in [2.75, 3.05) is 6.61 Å². The number of ether oxygens (including phenoxy) is 1. The van der Waals surface area contributed by atoms with E-state index in [1.807, 2.05) is 0 Å². The van der Waals surface area contributed by atoms with Gasteiger partial charge in [0.25, 0.3) is 0 Å². The lowest BCUT2D eigenvalue weighted by molar-refractivity contribution is -0.0640. The average Bonchev–Trinajstić information content (AvgIpc) is 2.13. The van der Waals surface area contributed by atoms with Crippen LogP contribution in [0.3, 0.4) is 0 Å². The summed E-state index contributed by atoms with van der Waals surface area (Å²) < 4.78 is 5.72. The Labute approximate surface area is 94.8 Å². The Balaban J connectivity index is 2.25. The van der Waals surface area contributed by atoms with Crippen LogP contribution in [0.4, 0.5) is 0 Å². The molecule has 15 heavy (non-hydrogen) atoms. The molecule has 0 spiro atoms. The Hall–Kier alpha value is -0.0800. The summed E-state index contributed by atoms with van der Waals surface area (Å²) in [4.78, 5) is 0. The van der Waals surface area contributed by atoms with Crippen LogP contribution in [0, 0.1) is 0 Å². The first-order chi connectivity index (χ1) is 7.03. The van der Waals surface area contributed by atoms with Gasteiger partial charge in [-0.05, 0) is 40.0 Å². The first-order valence-electron chi connectivity index (χ1n) is 6.43. The van der Waals surface area contributed by atoms with Gasteiger partial charge in [-0.25, -0.2) is 0 Å². The molecular formula is C13H27NO. The molecule has 90 valence electrons. The molecule has 2 nitrogen and oxygen atoms in total. The third-order valence-corrected chi connectivity index (χ3v) is 3.21. The van der Waals surface area contributed by atoms with Gasteiger partial charge in [0.15, 0.2) is 0 Å². The lowest BCUT2D eigenvalue weighted by atomic mass is 9.93. The largest absolute Gasteiger partial charge is 0.375 e. The van der Waals surface area contributed by atoms with Crippen molar-refractivity contribution in [3.05, 3.63) is 0 Å². The Morgan fingerprint density at radius 3 is 2.80 bits per heavy atom. The Morgan fingerprint density at radius 1 is 1.47 bits per heavy atom. The summed E-state index contributed by atoms with van der Waals surface area (Å²) in [5.74, 6) is 0. The van der Waals surface area contributed by atoms with Crippen LogP contribution in [0.1, 0.15) is 59.8 Å². The molecule has 1 saturated heterocycles. The van der Waals surface area contributed by atoms with Crippen molar-refractivity contribution in [1.29, 1.82) is 0 Å². The molecule has 2 unspecified atom stereocenters. The summed E-state index contributed by atoms with van der Waals surface area (Å²) in [5, 5.41) is 3.73. The van der Waals surface area contributed by atoms with Gasteiger partial charge in [0.1, 0.15) is 0 Å². The van der Waals surface area contributed by atoms with E-state index in [9.17, 15) is 0 Å². The van der Waals surface area contributed by atoms with Crippen LogP contribution in [0.5, 0.6) is 0 Å². The smallest absolute Gasteiger partial charge is 0.0641 e. The molecular weight excluding hydrogens is 186 g/mol. The number of unbranched alkanes of at least 4 members (excludes halogenated alkanes) is 1. The fraction of sp³-hybridized carbons (Fsp3) is 1.00. The van der Waals surface area contributed by atoms with Crippen LogP contribution < -0.4 is 5.32 Å². The van der Waals surface area contributed by atoms with Gasteiger partial charge in [0.2, 0.25) is 0 Å². The SMILES string of the molecule is CCCCC(C)NC1CCOC(C)(C)C1. The molecule has 2 atom stereocenters. The van der Waals surface area contributed by atoms with Crippen molar-refractivity contribution in [2.24, 2.45) is 0 Å². The highest BCUT2D eigenvalue weighted by Gasteiger charge is 2.29. The van der Waals surface area contributed by atoms with Crippen molar-refractivity contribution in [3.8, 4) is 0 Å². The standard InChI is InChI=1S/C13H27NO/c1-5-6-7-11(2)14-12-8-9-15-13(3,4)10-12/h11-12,14H,5-10H2,1-4H3. The van der Waals surface area contributed by atoms with E-state index in [4.69, 9.17) is 4.74 Å². The van der Waals surface area contributed by atoms with Crippen LogP contribution in [-0.4, -0.2) is 24.3 Å². The molecule has 2 heteroatoms. The number of rotatable bonds is 5. The lowest BCUT2D eigenvalue weighted by Crippen LogP contribution is -2.46. The number of hydrogen-bond acceptors (Lipinski definition) is 2. The van der Waals surface area contributed by atoms with Crippen LogP contribution in [-0.2, 0) is 4.74 Å². The zero-order valence-corrected chi connectivity index (χ0v) is 10.8. The van der Waals surface area contributed by atoms with E-state index in [0.29, 0.717) is 12.1 Å². The van der Waals surface area contributed by atoms with Crippen LogP contribution in [0.2, 0.25) is 0 Å². The quantitative estimate of drug-likeness (QED) is 0.757. The minimum Gasteiger partial charge on any atom is -0.375 e. The lowest BCUT2D eigenvalue weighted by Gasteiger charge is -2.37. The molecule has 0 bridgehead atoms. The van der Waals surface area contributed by atoms with E-state index in [0.717, 1.165) is 13.0 Å². The third kappa shape index (κ3) is 4.98. The topological polar surface area (TPSA) is 21.3 Å². The van der Waals surface area contributed by atoms with Gasteiger partial charge >= 0.3 is 0 Å². The molecule has 0 amide bonds. The number of hydrogen-bond donors (Lipinski definition) is 1. The highest BCUT2D eigenvalue weighted by molar-refractivity contribution is 4.84. The Bertz CT molecular complexity index is 179. The molecule has 1 rings (SSSR count). The number of nitrogens with one attached hydrogen (secondary N) is 1. The molecule has 1 aliphatic heterocycles. The molecule has 0 saturated carbocycles. The first-order valence-corrected chi connectivity index (χ1v) is 6.43. The van der Waals surface area contributed by atoms with Gasteiger partial charge in [0, 0.05) is 18.7 Å². The van der Waals surface area contributed by atoms with Crippen molar-refractivity contribution >= 4 is 0 Å². The summed E-state index contributed by atoms with van der Waals surface area (Å²) in [6.07, 6.45) is 6.24. The van der Waals surface area contributed by atoms with Gasteiger partial charge in [-0.3, -0.25) is 0 Å². The van der Waals surface area contributed by atoms with Crippen LogP contribution in [0.15, 0.2) is 0 Å². The minimum atomic E-state index is 0.0698. The molecule has 0 aliphatic carbocycles. The molecule has 0 aromatic heterocycles. The molecule has 1 aliphatic rings.